The van der Waals surface area contributed by atoms with E-state index >= 15 is 0 Å². The van der Waals surface area contributed by atoms with Gasteiger partial charge >= 0.3 is 5.97 Å². The van der Waals surface area contributed by atoms with Crippen molar-refractivity contribution in [1.29, 1.82) is 0 Å². The molecule has 1 fully saturated rings. The number of nitrogens with zero attached hydrogens (tertiary/aromatic N) is 2. The van der Waals surface area contributed by atoms with Crippen molar-refractivity contribution in [3.63, 3.8) is 0 Å². The van der Waals surface area contributed by atoms with Gasteiger partial charge in [-0.2, -0.15) is 5.10 Å². The number of carbonyl (C=O) groups is 3. The van der Waals surface area contributed by atoms with Crippen LogP contribution in [0.25, 0.3) is 0 Å². The number of rotatable bonds is 8. The molecule has 35 heavy (non-hydrogen) atoms. The maximum Gasteiger partial charge on any atom is 0.309 e. The monoisotopic (exact) mass is 474 g/mol. The SMILES string of the molecule is CCC(C(=O)O)C(C#Cc1ccccc1)NC(=O)CC1CCCN(c2ccc(C=NN)cc2)C1=O. The van der Waals surface area contributed by atoms with Gasteiger partial charge in [0.1, 0.15) is 6.04 Å². The van der Waals surface area contributed by atoms with E-state index < -0.39 is 23.8 Å². The van der Waals surface area contributed by atoms with Gasteiger partial charge in [-0.1, -0.05) is 49.1 Å². The fraction of sp³-hybridized carbons (Fsp3) is 0.333. The fourth-order valence-electron chi connectivity index (χ4n) is 4.15. The van der Waals surface area contributed by atoms with Crippen LogP contribution in [0.3, 0.4) is 0 Å². The number of hydrogen-bond donors (Lipinski definition) is 3. The molecule has 182 valence electrons. The third-order valence-corrected chi connectivity index (χ3v) is 6.03. The predicted octanol–water partition coefficient (Wildman–Crippen LogP) is 2.76. The van der Waals surface area contributed by atoms with E-state index in [1.807, 2.05) is 54.6 Å². The Kier molecular flexibility index (Phi) is 9.02. The maximum absolute atomic E-state index is 13.1. The Labute approximate surface area is 205 Å². The van der Waals surface area contributed by atoms with Crippen LogP contribution in [0.5, 0.6) is 0 Å². The second-order valence-electron chi connectivity index (χ2n) is 8.44. The minimum Gasteiger partial charge on any atom is -0.481 e. The van der Waals surface area contributed by atoms with Gasteiger partial charge in [0.15, 0.2) is 0 Å². The summed E-state index contributed by atoms with van der Waals surface area (Å²) >= 11 is 0. The first-order valence-electron chi connectivity index (χ1n) is 11.7. The molecular weight excluding hydrogens is 444 g/mol. The predicted molar refractivity (Wildman–Crippen MR) is 135 cm³/mol. The lowest BCUT2D eigenvalue weighted by atomic mass is 9.92. The summed E-state index contributed by atoms with van der Waals surface area (Å²) in [4.78, 5) is 39.5. The second kappa shape index (κ2) is 12.4. The molecule has 0 aromatic heterocycles. The molecule has 4 N–H and O–H groups in total. The van der Waals surface area contributed by atoms with Crippen LogP contribution >= 0.6 is 0 Å². The van der Waals surface area contributed by atoms with E-state index in [1.165, 1.54) is 6.21 Å². The number of benzene rings is 2. The Hall–Kier alpha value is -4.12. The van der Waals surface area contributed by atoms with Crippen LogP contribution in [0.15, 0.2) is 59.7 Å². The van der Waals surface area contributed by atoms with Crippen molar-refractivity contribution in [1.82, 2.24) is 5.32 Å². The van der Waals surface area contributed by atoms with Crippen molar-refractivity contribution in [2.45, 2.75) is 38.6 Å². The van der Waals surface area contributed by atoms with Crippen molar-refractivity contribution in [2.24, 2.45) is 22.8 Å². The van der Waals surface area contributed by atoms with Crippen LogP contribution in [-0.2, 0) is 14.4 Å². The molecular formula is C27H30N4O4. The number of anilines is 1. The average Bonchev–Trinajstić information content (AvgIpc) is 2.85. The number of carbonyl (C=O) groups excluding carboxylic acids is 2. The van der Waals surface area contributed by atoms with E-state index in [2.05, 4.69) is 22.3 Å². The number of carboxylic acids is 1. The molecule has 0 radical (unpaired) electrons. The fourth-order valence-corrected chi connectivity index (χ4v) is 4.15. The highest BCUT2D eigenvalue weighted by Gasteiger charge is 2.33. The van der Waals surface area contributed by atoms with Gasteiger partial charge in [0.2, 0.25) is 11.8 Å². The maximum atomic E-state index is 13.1. The lowest BCUT2D eigenvalue weighted by molar-refractivity contribution is -0.142. The van der Waals surface area contributed by atoms with E-state index in [9.17, 15) is 19.5 Å². The van der Waals surface area contributed by atoms with Gasteiger partial charge in [-0.3, -0.25) is 14.4 Å². The summed E-state index contributed by atoms with van der Waals surface area (Å²) in [6.45, 7) is 2.32. The van der Waals surface area contributed by atoms with Crippen molar-refractivity contribution < 1.29 is 19.5 Å². The largest absolute Gasteiger partial charge is 0.481 e. The molecule has 0 saturated carbocycles. The molecule has 1 aliphatic heterocycles. The van der Waals surface area contributed by atoms with Crippen LogP contribution < -0.4 is 16.1 Å². The molecule has 3 unspecified atom stereocenters. The van der Waals surface area contributed by atoms with Gasteiger partial charge in [-0.15, -0.1) is 0 Å². The van der Waals surface area contributed by atoms with Crippen molar-refractivity contribution in [3.05, 3.63) is 65.7 Å². The molecule has 3 atom stereocenters. The van der Waals surface area contributed by atoms with Gasteiger partial charge in [-0.25, -0.2) is 0 Å². The summed E-state index contributed by atoms with van der Waals surface area (Å²) in [5.74, 6) is 8.18. The standard InChI is InChI=1S/C27H30N4O4/c1-2-23(27(34)35)24(15-12-19-7-4-3-5-8-19)30-25(32)17-21-9-6-16-31(26(21)33)22-13-10-20(11-14-22)18-29-28/h3-5,7-8,10-11,13-14,18,21,23-24H,2,6,9,16-17,28H2,1H3,(H,30,32)(H,34,35). The van der Waals surface area contributed by atoms with E-state index in [-0.39, 0.29) is 18.2 Å². The van der Waals surface area contributed by atoms with Crippen molar-refractivity contribution >= 4 is 29.7 Å². The summed E-state index contributed by atoms with van der Waals surface area (Å²) in [5, 5.41) is 15.9. The third-order valence-electron chi connectivity index (χ3n) is 6.03. The van der Waals surface area contributed by atoms with Gasteiger partial charge in [0, 0.05) is 30.1 Å². The van der Waals surface area contributed by atoms with E-state index in [0.29, 0.717) is 19.4 Å². The molecule has 8 heteroatoms. The van der Waals surface area contributed by atoms with E-state index in [4.69, 9.17) is 5.84 Å². The van der Waals surface area contributed by atoms with Gasteiger partial charge < -0.3 is 21.2 Å². The quantitative estimate of drug-likeness (QED) is 0.235. The summed E-state index contributed by atoms with van der Waals surface area (Å²) in [6, 6.07) is 15.6. The molecule has 0 bridgehead atoms. The molecule has 1 aliphatic rings. The summed E-state index contributed by atoms with van der Waals surface area (Å²) < 4.78 is 0. The minimum absolute atomic E-state index is 0.0210. The zero-order valence-electron chi connectivity index (χ0n) is 19.7. The van der Waals surface area contributed by atoms with E-state index in [1.54, 1.807) is 11.8 Å². The third kappa shape index (κ3) is 6.93. The van der Waals surface area contributed by atoms with Crippen LogP contribution in [0.2, 0.25) is 0 Å². The number of aliphatic carboxylic acids is 1. The first-order valence-corrected chi connectivity index (χ1v) is 11.7. The minimum atomic E-state index is -1.02. The van der Waals surface area contributed by atoms with Crippen LogP contribution in [0, 0.1) is 23.7 Å². The number of piperidine rings is 1. The lowest BCUT2D eigenvalue weighted by Crippen LogP contribution is -2.46. The molecule has 8 nitrogen and oxygen atoms in total. The first-order chi connectivity index (χ1) is 16.9. The Morgan fingerprint density at radius 2 is 1.94 bits per heavy atom. The molecule has 2 aromatic rings. The zero-order valence-corrected chi connectivity index (χ0v) is 19.7. The zero-order chi connectivity index (χ0) is 25.2. The van der Waals surface area contributed by atoms with E-state index in [0.717, 1.165) is 23.2 Å². The number of hydrogen-bond acceptors (Lipinski definition) is 5. The van der Waals surface area contributed by atoms with Crippen LogP contribution in [-0.4, -0.2) is 41.7 Å². The molecule has 2 amide bonds. The van der Waals surface area contributed by atoms with Gasteiger partial charge in [0.05, 0.1) is 12.1 Å². The van der Waals surface area contributed by atoms with Gasteiger partial charge in [0.25, 0.3) is 0 Å². The lowest BCUT2D eigenvalue weighted by Gasteiger charge is -2.32. The highest BCUT2D eigenvalue weighted by Crippen LogP contribution is 2.27. The van der Waals surface area contributed by atoms with Crippen LogP contribution in [0.1, 0.15) is 43.7 Å². The number of amides is 2. The Bertz CT molecular complexity index is 1120. The smallest absolute Gasteiger partial charge is 0.309 e. The number of nitrogens with two attached hydrogens (primary N) is 1. The molecule has 3 rings (SSSR count). The Balaban J connectivity index is 1.70. The highest BCUT2D eigenvalue weighted by molar-refractivity contribution is 5.98. The highest BCUT2D eigenvalue weighted by atomic mass is 16.4. The Morgan fingerprint density at radius 1 is 1.23 bits per heavy atom. The normalized spacial score (nSPS) is 17.3. The average molecular weight is 475 g/mol. The summed E-state index contributed by atoms with van der Waals surface area (Å²) in [5.41, 5.74) is 2.30. The molecule has 0 aliphatic carbocycles. The second-order valence-corrected chi connectivity index (χ2v) is 8.44. The number of carboxylic acid groups (broad SMARTS) is 1. The molecule has 0 spiro atoms. The van der Waals surface area contributed by atoms with Crippen LogP contribution in [0.4, 0.5) is 5.69 Å². The topological polar surface area (TPSA) is 125 Å². The summed E-state index contributed by atoms with van der Waals surface area (Å²) in [6.07, 6.45) is 3.17. The van der Waals surface area contributed by atoms with Crippen molar-refractivity contribution in [3.8, 4) is 11.8 Å². The van der Waals surface area contributed by atoms with Gasteiger partial charge in [-0.05, 0) is 49.1 Å². The van der Waals surface area contributed by atoms with Crippen molar-refractivity contribution in [2.75, 3.05) is 11.4 Å². The molecule has 1 heterocycles. The number of hydrazone groups is 1. The summed E-state index contributed by atoms with van der Waals surface area (Å²) in [7, 11) is 0. The number of nitrogens with one attached hydrogen (secondary N) is 1. The molecule has 2 aromatic carbocycles. The Morgan fingerprint density at radius 3 is 2.57 bits per heavy atom. The molecule has 1 saturated heterocycles. The first kappa shape index (κ1) is 25.5.